The van der Waals surface area contributed by atoms with E-state index in [2.05, 4.69) is 25.6 Å². The largest absolute Gasteiger partial charge is 0.339 e. The molecule has 1 atom stereocenters. The maximum atomic E-state index is 12.3. The summed E-state index contributed by atoms with van der Waals surface area (Å²) in [6, 6.07) is 9.36. The van der Waals surface area contributed by atoms with Crippen molar-refractivity contribution in [2.45, 2.75) is 32.7 Å². The van der Waals surface area contributed by atoms with E-state index < -0.39 is 0 Å². The fraction of sp³-hybridized carbons (Fsp3) is 0.389. The van der Waals surface area contributed by atoms with Crippen LogP contribution < -0.4 is 5.32 Å². The molecule has 0 saturated heterocycles. The zero-order chi connectivity index (χ0) is 19.2. The molecular formula is C18H22N6O3. The fourth-order valence-corrected chi connectivity index (χ4v) is 2.47. The first-order chi connectivity index (χ1) is 13.0. The lowest BCUT2D eigenvalue weighted by Crippen LogP contribution is -2.39. The van der Waals surface area contributed by atoms with Gasteiger partial charge in [-0.1, -0.05) is 40.6 Å². The fourth-order valence-electron chi connectivity index (χ4n) is 2.47. The van der Waals surface area contributed by atoms with Gasteiger partial charge in [0.1, 0.15) is 6.04 Å². The second kappa shape index (κ2) is 8.43. The Labute approximate surface area is 156 Å². The second-order valence-electron chi connectivity index (χ2n) is 6.22. The predicted octanol–water partition coefficient (Wildman–Crippen LogP) is 2.30. The van der Waals surface area contributed by atoms with E-state index in [0.29, 0.717) is 42.8 Å². The van der Waals surface area contributed by atoms with Gasteiger partial charge in [0.05, 0.1) is 0 Å². The summed E-state index contributed by atoms with van der Waals surface area (Å²) in [6.45, 7) is 3.93. The van der Waals surface area contributed by atoms with Gasteiger partial charge in [-0.3, -0.25) is 0 Å². The van der Waals surface area contributed by atoms with Crippen LogP contribution >= 0.6 is 0 Å². The van der Waals surface area contributed by atoms with Gasteiger partial charge in [0.15, 0.2) is 11.6 Å². The van der Waals surface area contributed by atoms with Crippen molar-refractivity contribution in [1.82, 2.24) is 30.5 Å². The highest BCUT2D eigenvalue weighted by atomic mass is 16.5. The number of hydrogen-bond donors (Lipinski definition) is 1. The summed E-state index contributed by atoms with van der Waals surface area (Å²) in [7, 11) is 1.67. The molecule has 1 aromatic carbocycles. The van der Waals surface area contributed by atoms with E-state index in [9.17, 15) is 4.79 Å². The van der Waals surface area contributed by atoms with Crippen molar-refractivity contribution in [3.05, 3.63) is 59.3 Å². The van der Waals surface area contributed by atoms with E-state index in [1.165, 1.54) is 4.90 Å². The zero-order valence-electron chi connectivity index (χ0n) is 15.5. The number of aryl methyl sites for hydroxylation is 1. The van der Waals surface area contributed by atoms with Crippen molar-refractivity contribution in [1.29, 1.82) is 0 Å². The summed E-state index contributed by atoms with van der Waals surface area (Å²) < 4.78 is 10.3. The Kier molecular flexibility index (Phi) is 5.80. The molecule has 27 heavy (non-hydrogen) atoms. The number of carbonyl (C=O) groups is 1. The van der Waals surface area contributed by atoms with Crippen LogP contribution in [0, 0.1) is 6.92 Å². The van der Waals surface area contributed by atoms with Gasteiger partial charge in [0, 0.05) is 26.4 Å². The first kappa shape index (κ1) is 18.6. The van der Waals surface area contributed by atoms with E-state index >= 15 is 0 Å². The molecule has 0 fully saturated rings. The van der Waals surface area contributed by atoms with Crippen molar-refractivity contribution < 1.29 is 13.8 Å². The first-order valence-electron chi connectivity index (χ1n) is 8.69. The molecule has 0 saturated carbocycles. The Morgan fingerprint density at radius 1 is 1.19 bits per heavy atom. The van der Waals surface area contributed by atoms with Crippen molar-refractivity contribution >= 4 is 6.03 Å². The van der Waals surface area contributed by atoms with Crippen LogP contribution in [0.1, 0.15) is 42.0 Å². The van der Waals surface area contributed by atoms with Gasteiger partial charge >= 0.3 is 6.03 Å². The number of amides is 2. The number of carbonyl (C=O) groups excluding carboxylic acids is 1. The number of urea groups is 1. The van der Waals surface area contributed by atoms with Crippen LogP contribution in [0.25, 0.3) is 0 Å². The van der Waals surface area contributed by atoms with Crippen LogP contribution in [0.2, 0.25) is 0 Å². The third-order valence-electron chi connectivity index (χ3n) is 4.13. The molecule has 2 amide bonds. The van der Waals surface area contributed by atoms with Gasteiger partial charge in [-0.05, 0) is 19.4 Å². The lowest BCUT2D eigenvalue weighted by Gasteiger charge is -2.22. The lowest BCUT2D eigenvalue weighted by molar-refractivity contribution is 0.181. The smallest absolute Gasteiger partial charge is 0.317 e. The summed E-state index contributed by atoms with van der Waals surface area (Å²) in [5.41, 5.74) is 1.12. The van der Waals surface area contributed by atoms with Crippen LogP contribution in [0.15, 0.2) is 39.4 Å². The van der Waals surface area contributed by atoms with Crippen molar-refractivity contribution in [3.8, 4) is 0 Å². The Balaban J connectivity index is 1.46. The lowest BCUT2D eigenvalue weighted by atomic mass is 10.1. The molecule has 2 aromatic heterocycles. The molecule has 9 nitrogen and oxygen atoms in total. The van der Waals surface area contributed by atoms with Crippen molar-refractivity contribution in [2.24, 2.45) is 0 Å². The van der Waals surface area contributed by atoms with Gasteiger partial charge in [-0.2, -0.15) is 9.97 Å². The van der Waals surface area contributed by atoms with E-state index in [0.717, 1.165) is 5.56 Å². The number of aromatic nitrogens is 4. The van der Waals surface area contributed by atoms with Gasteiger partial charge < -0.3 is 19.3 Å². The van der Waals surface area contributed by atoms with Crippen LogP contribution in [-0.2, 0) is 12.8 Å². The summed E-state index contributed by atoms with van der Waals surface area (Å²) in [5.74, 6) is 2.05. The quantitative estimate of drug-likeness (QED) is 0.679. The minimum Gasteiger partial charge on any atom is -0.339 e. The molecule has 0 unspecified atom stereocenters. The molecular weight excluding hydrogens is 348 g/mol. The maximum Gasteiger partial charge on any atom is 0.317 e. The minimum absolute atomic E-state index is 0.248. The summed E-state index contributed by atoms with van der Waals surface area (Å²) in [6.07, 6.45) is 1.07. The second-order valence-corrected chi connectivity index (χ2v) is 6.22. The normalized spacial score (nSPS) is 12.0. The molecule has 0 radical (unpaired) electrons. The monoisotopic (exact) mass is 370 g/mol. The van der Waals surface area contributed by atoms with Gasteiger partial charge in [0.2, 0.25) is 11.8 Å². The van der Waals surface area contributed by atoms with E-state index in [-0.39, 0.29) is 12.1 Å². The molecule has 0 aliphatic carbocycles. The van der Waals surface area contributed by atoms with E-state index in [1.54, 1.807) is 14.0 Å². The SMILES string of the molecule is Cc1noc([C@@H](C)N(C)C(=O)NCCc2nc(Cc3ccccc3)no2)n1. The molecule has 0 bridgehead atoms. The topological polar surface area (TPSA) is 110 Å². The number of nitrogens with zero attached hydrogens (tertiary/aromatic N) is 5. The minimum atomic E-state index is -0.327. The Morgan fingerprint density at radius 2 is 1.96 bits per heavy atom. The number of rotatable bonds is 7. The maximum absolute atomic E-state index is 12.3. The van der Waals surface area contributed by atoms with Crippen LogP contribution in [-0.4, -0.2) is 44.8 Å². The third-order valence-corrected chi connectivity index (χ3v) is 4.13. The molecule has 1 N–H and O–H groups in total. The van der Waals surface area contributed by atoms with Gasteiger partial charge in [-0.25, -0.2) is 4.79 Å². The highest BCUT2D eigenvalue weighted by Crippen LogP contribution is 2.16. The predicted molar refractivity (Wildman–Crippen MR) is 95.9 cm³/mol. The highest BCUT2D eigenvalue weighted by molar-refractivity contribution is 5.74. The number of benzene rings is 1. The Bertz CT molecular complexity index is 876. The Morgan fingerprint density at radius 3 is 2.67 bits per heavy atom. The highest BCUT2D eigenvalue weighted by Gasteiger charge is 2.22. The summed E-state index contributed by atoms with van der Waals surface area (Å²) in [4.78, 5) is 22.3. The Hall–Kier alpha value is -3.23. The molecule has 9 heteroatoms. The summed E-state index contributed by atoms with van der Waals surface area (Å²) in [5, 5.41) is 10.5. The van der Waals surface area contributed by atoms with Crippen molar-refractivity contribution in [3.63, 3.8) is 0 Å². The molecule has 3 aromatic rings. The van der Waals surface area contributed by atoms with Crippen molar-refractivity contribution in [2.75, 3.05) is 13.6 Å². The van der Waals surface area contributed by atoms with Crippen LogP contribution in [0.4, 0.5) is 4.79 Å². The number of hydrogen-bond acceptors (Lipinski definition) is 7. The molecule has 0 aliphatic rings. The number of nitrogens with one attached hydrogen (secondary N) is 1. The van der Waals surface area contributed by atoms with Gasteiger partial charge in [0.25, 0.3) is 0 Å². The van der Waals surface area contributed by atoms with E-state index in [1.807, 2.05) is 37.3 Å². The van der Waals surface area contributed by atoms with Gasteiger partial charge in [-0.15, -0.1) is 0 Å². The first-order valence-corrected chi connectivity index (χ1v) is 8.69. The molecule has 3 rings (SSSR count). The van der Waals surface area contributed by atoms with E-state index in [4.69, 9.17) is 9.05 Å². The molecule has 0 spiro atoms. The third kappa shape index (κ3) is 4.90. The summed E-state index contributed by atoms with van der Waals surface area (Å²) >= 11 is 0. The van der Waals surface area contributed by atoms with Crippen LogP contribution in [0.3, 0.4) is 0 Å². The zero-order valence-corrected chi connectivity index (χ0v) is 15.5. The molecule has 142 valence electrons. The average Bonchev–Trinajstić information content (AvgIpc) is 3.30. The standard InChI is InChI=1S/C18H22N6O3/c1-12(17-20-13(2)22-27-17)24(3)18(25)19-10-9-16-21-15(23-26-16)11-14-7-5-4-6-8-14/h4-8,12H,9-11H2,1-3H3,(H,19,25)/t12-/m1/s1. The average molecular weight is 370 g/mol. The molecule has 0 aliphatic heterocycles. The van der Waals surface area contributed by atoms with Crippen LogP contribution in [0.5, 0.6) is 0 Å². The molecule has 2 heterocycles.